The second kappa shape index (κ2) is 64.6. The van der Waals surface area contributed by atoms with E-state index in [2.05, 4.69) is 127 Å². The van der Waals surface area contributed by atoms with Crippen LogP contribution in [0.25, 0.3) is 10.8 Å². The summed E-state index contributed by atoms with van der Waals surface area (Å²) in [5, 5.41) is 74.4. The Hall–Kier alpha value is -8.54. The minimum absolute atomic E-state index is 0. The summed E-state index contributed by atoms with van der Waals surface area (Å²) in [7, 11) is 3.11. The first-order chi connectivity index (χ1) is 66.4. The molecule has 2 fully saturated rings. The van der Waals surface area contributed by atoms with Gasteiger partial charge in [0.1, 0.15) is 71.9 Å². The molecule has 2 aliphatic rings. The van der Waals surface area contributed by atoms with Crippen molar-refractivity contribution in [3.63, 3.8) is 0 Å². The number of amides is 16. The Morgan fingerprint density at radius 2 is 1.03 bits per heavy atom. The van der Waals surface area contributed by atoms with E-state index < -0.39 is 217 Å². The normalized spacial score (nSPS) is 17.5. The summed E-state index contributed by atoms with van der Waals surface area (Å²) in [6.07, 6.45) is 0.738. The Kier molecular flexibility index (Phi) is 56.4. The van der Waals surface area contributed by atoms with Gasteiger partial charge in [0.2, 0.25) is 70.9 Å². The van der Waals surface area contributed by atoms with Gasteiger partial charge in [-0.3, -0.25) is 72.1 Å². The number of halogens is 1. The summed E-state index contributed by atoms with van der Waals surface area (Å²) in [4.78, 5) is 259. The molecule has 20 N–H and O–H groups in total. The monoisotopic (exact) mass is 2700 g/mol. The van der Waals surface area contributed by atoms with Crippen LogP contribution >= 0.6 is 44.2 Å². The van der Waals surface area contributed by atoms with Crippen LogP contribution in [0, 0.1) is 197 Å². The molecular weight excluding hydrogens is 2580 g/mol. The van der Waals surface area contributed by atoms with Crippen LogP contribution < -0.4 is 84.5 Å². The van der Waals surface area contributed by atoms with Crippen molar-refractivity contribution in [2.75, 3.05) is 90.6 Å². The zero-order chi connectivity index (χ0) is 101. The van der Waals surface area contributed by atoms with Gasteiger partial charge < -0.3 is 162 Å². The Balaban J connectivity index is 0.00000900. The second-order valence-corrected chi connectivity index (χ2v) is 37.2. The van der Waals surface area contributed by atoms with E-state index >= 15 is 38.4 Å². The van der Waals surface area contributed by atoms with Gasteiger partial charge >= 0.3 is 5.97 Å². The number of aliphatic carboxylic acids is 1. The fourth-order valence-electron chi connectivity index (χ4n) is 15.2. The molecule has 16 amide bonds. The van der Waals surface area contributed by atoms with Crippen LogP contribution in [0.2, 0.25) is 0 Å². The zero-order valence-electron chi connectivity index (χ0n) is 78.3. The number of carbonyl (C=O) groups is 17. The molecule has 2 unspecified atom stereocenters. The number of aromatic hydroxyl groups is 1. The van der Waals surface area contributed by atoms with Gasteiger partial charge in [-0.05, 0) is 97.8 Å². The maximum Gasteiger partial charge on any atom is 0.305 e. The maximum absolute atomic E-state index is 15.9. The van der Waals surface area contributed by atoms with E-state index in [-0.39, 0.29) is 280 Å². The van der Waals surface area contributed by atoms with E-state index in [0.717, 1.165) is 37.3 Å². The summed E-state index contributed by atoms with van der Waals surface area (Å²) in [6, 6.07) is 13.6. The summed E-state index contributed by atoms with van der Waals surface area (Å²) in [6.45, 7) is 16.7. The number of methoxy groups -OCH3 is 1. The van der Waals surface area contributed by atoms with Crippen molar-refractivity contribution in [1.82, 2.24) is 114 Å². The molecule has 0 spiro atoms. The van der Waals surface area contributed by atoms with E-state index in [9.17, 15) is 58.5 Å². The molecule has 2 saturated heterocycles. The first-order valence-electron chi connectivity index (χ1n) is 44.6. The fourth-order valence-corrected chi connectivity index (χ4v) is 18.1. The van der Waals surface area contributed by atoms with Crippen molar-refractivity contribution in [3.05, 3.63) is 205 Å². The van der Waals surface area contributed by atoms with E-state index in [0.29, 0.717) is 37.1 Å². The number of aromatic nitrogens is 4. The third kappa shape index (κ3) is 43.4. The summed E-state index contributed by atoms with van der Waals surface area (Å²) < 4.78 is 5.68. The molecule has 780 valence electrons. The third-order valence-corrected chi connectivity index (χ3v) is 25.5. The van der Waals surface area contributed by atoms with E-state index in [1.165, 1.54) is 50.4 Å². The average molecular weight is 2700 g/mol. The molecule has 0 bridgehead atoms. The van der Waals surface area contributed by atoms with Crippen molar-refractivity contribution < 1.29 is 261 Å². The number of carboxylic acid groups (broad SMARTS) is 1. The van der Waals surface area contributed by atoms with Crippen LogP contribution in [-0.2, 0) is 127 Å². The van der Waals surface area contributed by atoms with Crippen molar-refractivity contribution in [2.24, 2.45) is 5.92 Å². The quantitative estimate of drug-likeness (QED) is 0.0108. The van der Waals surface area contributed by atoms with Gasteiger partial charge in [-0.2, -0.15) is 0 Å². The van der Waals surface area contributed by atoms with Crippen LogP contribution in [0.1, 0.15) is 72.3 Å². The molecule has 2 aromatic heterocycles. The smallest absolute Gasteiger partial charge is 0.305 e. The summed E-state index contributed by atoms with van der Waals surface area (Å²) in [5.41, 5.74) is 3.15. The number of hydrogen-bond acceptors (Lipinski definition) is 26. The molecule has 0 saturated carbocycles. The molecule has 5 aromatic carbocycles. The van der Waals surface area contributed by atoms with Crippen molar-refractivity contribution in [2.45, 2.75) is 145 Å². The molecular formula is C93H117Gd4IN22O21S2-4. The number of rotatable bonds is 45. The van der Waals surface area contributed by atoms with E-state index in [1.807, 2.05) is 52.9 Å². The summed E-state index contributed by atoms with van der Waals surface area (Å²) in [5.74, 6) is -16.2. The van der Waals surface area contributed by atoms with Crippen molar-refractivity contribution in [1.29, 1.82) is 0 Å². The van der Waals surface area contributed by atoms with Gasteiger partial charge in [-0.1, -0.05) is 120 Å². The largest absolute Gasteiger partial charge is 0.507 e. The predicted octanol–water partition coefficient (Wildman–Crippen LogP) is -2.30. The minimum atomic E-state index is -2.01. The molecule has 11 atom stereocenters. The molecule has 50 heteroatoms. The minimum Gasteiger partial charge on any atom is -0.507 e. The number of phenolic OH excluding ortho intramolecular Hbond substituents is 1. The van der Waals surface area contributed by atoms with Crippen LogP contribution in [0.15, 0.2) is 134 Å². The zero-order valence-corrected chi connectivity index (χ0v) is 91.1. The number of carboxylic acids is 1. The van der Waals surface area contributed by atoms with Crippen LogP contribution in [-0.4, -0.2) is 308 Å². The number of aliphatic hydroxyl groups is 1. The SMILES string of the molecule is [CH2-]C(=O)NCCN(CCNC([CH2-])=O)CC(=O)NCc1ccc(CNC(=O)[C@H](Cc2cccc3ccccc23)NC(=O)[C@H](Cc2c[nH]cn2)NC(=O)[C@@H]2CSSC[C@H](NC(=O)[C@H](Cc3c[nH]cn3)NC(=O)[C@H](Cc3ccc(OC)cc3)NC(=O)CN(CCNC([CH2-])=O)CCNC([CH2-])=O)C(=O)N3CC(O)CC3C(=O)N[C@@H](Cc3ccc(O)c(I)c3)C(=O)N[C@@H](CC(=O)O)C(=O)N[C@@H](CC(C)C)C(=O)N2)cc1.[Gd].[Gd].[Gd].[Gd]. The van der Waals surface area contributed by atoms with Gasteiger partial charge in [0.25, 0.3) is 0 Å². The van der Waals surface area contributed by atoms with Gasteiger partial charge in [-0.25, -0.2) is 9.97 Å². The van der Waals surface area contributed by atoms with E-state index in [1.54, 1.807) is 84.3 Å². The summed E-state index contributed by atoms with van der Waals surface area (Å²) >= 11 is 1.83. The Bertz CT molecular complexity index is 5400. The number of H-pyrrole nitrogens is 2. The average Bonchev–Trinajstić information content (AvgIpc) is 1.66. The molecule has 143 heavy (non-hydrogen) atoms. The topological polar surface area (TPSA) is 608 Å². The number of nitrogens with one attached hydrogen (secondary N) is 17. The molecule has 9 rings (SSSR count). The van der Waals surface area contributed by atoms with Crippen molar-refractivity contribution in [3.8, 4) is 11.5 Å². The van der Waals surface area contributed by atoms with Crippen LogP contribution in [0.3, 0.4) is 0 Å². The molecule has 2 aliphatic heterocycles. The molecule has 0 aliphatic carbocycles. The number of imidazole rings is 2. The molecule has 4 heterocycles. The number of benzene rings is 5. The molecule has 0 radical (unpaired) electrons. The van der Waals surface area contributed by atoms with Crippen LogP contribution in [0.5, 0.6) is 11.5 Å². The van der Waals surface area contributed by atoms with Gasteiger partial charge in [0, 0.05) is 294 Å². The fraction of sp³-hybridized carbons (Fsp3) is 0.409. The number of ether oxygens (including phenoxy) is 1. The Labute approximate surface area is 976 Å². The first-order valence-corrected chi connectivity index (χ1v) is 48.1. The predicted molar refractivity (Wildman–Crippen MR) is 520 cm³/mol. The standard InChI is InChI=1S/C93H117IN22O21S2.4Gd/c1-53(2)33-70-85(128)112-77(91(134)109-74(38-64-44-95-51-103-64)88(131)107-73(37-63-13-10-12-62-11-8-9-14-68(62)63)84(127)102-43-60-17-15-59(16-18-60)42-101-81(123)47-114(29-25-97-54(3)117)30-26-98-55(4)118)49-138-139-50-78(93(136)116-46-66(121)40-79(116)92(135)111-72(36-61-21-24-80(122)69(94)34-61)87(130)110-76(41-83(125)126)90(133)106-70)113-89(132)75(39-65-45-96-52-104-65)108-86(129)71(35-58-19-22-67(137-7)23-20-58)105-82(124)48-115(31-27-99-56(5)119)32-28-100-57(6)120;;;;/h8-24,34,44-45,51-53,66,70-79,121-122H,3-6,25-33,35-43,46-50H2,1-2,7H3,(H,95,103)(H,96,104)(H,97,117)(H,98,118)(H,99,119)(H,100,120)(H,101,123)(H,102,127)(H,105,124)(H,106,133)(H,107,131)(H,108,129)(H,109,134)(H,110,130)(H,111,135)(H,112,128)(H,113,132)(H,125,126);;;;/q-4;;;;/t66?,70-,71-,72-,73-,74-,75-,76-,77-,78-,79?;;;;/m0..../s1. The van der Waals surface area contributed by atoms with E-state index in [4.69, 9.17) is 4.74 Å². The van der Waals surface area contributed by atoms with Gasteiger partial charge in [0.15, 0.2) is 0 Å². The number of aliphatic hydroxyl groups excluding tert-OH is 1. The number of aromatic amines is 2. The second-order valence-electron chi connectivity index (χ2n) is 33.5. The number of nitrogens with zero attached hydrogens (tertiary/aromatic N) is 5. The first kappa shape index (κ1) is 125. The number of hydrogen-bond donors (Lipinski definition) is 20. The van der Waals surface area contributed by atoms with Gasteiger partial charge in [0.05, 0.1) is 84.0 Å². The molecule has 7 aromatic rings. The van der Waals surface area contributed by atoms with Gasteiger partial charge in [-0.15, -0.1) is 0 Å². The third-order valence-electron chi connectivity index (χ3n) is 22.2. The Morgan fingerprint density at radius 3 is 1.57 bits per heavy atom. The number of carbonyl (C=O) groups excluding carboxylic acids is 16. The maximum atomic E-state index is 15.9. The van der Waals surface area contributed by atoms with Crippen molar-refractivity contribution >= 4 is 155 Å². The van der Waals surface area contributed by atoms with Crippen LogP contribution in [0.4, 0.5) is 0 Å². The Morgan fingerprint density at radius 1 is 0.538 bits per heavy atom. The molecule has 43 nitrogen and oxygen atoms in total. The number of phenols is 1. The number of fused-ring (bicyclic) bond motifs is 2.